The highest BCUT2D eigenvalue weighted by atomic mass is 32.1. The van der Waals surface area contributed by atoms with Crippen LogP contribution in [0.4, 0.5) is 0 Å². The minimum Gasteiger partial charge on any atom is -0.479 e. The Balaban J connectivity index is 1.81. The number of methoxy groups -OCH3 is 1. The van der Waals surface area contributed by atoms with Crippen LogP contribution in [0.5, 0.6) is 5.88 Å². The molecule has 7 heteroatoms. The van der Waals surface area contributed by atoms with Gasteiger partial charge in [0, 0.05) is 24.0 Å². The van der Waals surface area contributed by atoms with Gasteiger partial charge in [-0.1, -0.05) is 0 Å². The summed E-state index contributed by atoms with van der Waals surface area (Å²) in [4.78, 5) is 16.9. The van der Waals surface area contributed by atoms with Gasteiger partial charge in [-0.15, -0.1) is 11.3 Å². The minimum atomic E-state index is -0.299. The SMILES string of the molecule is COc1cc(C(=O)NCCc2cnc(C)s2)on1. The lowest BCUT2D eigenvalue weighted by molar-refractivity contribution is 0.0917. The third-order valence-corrected chi connectivity index (χ3v) is 3.22. The summed E-state index contributed by atoms with van der Waals surface area (Å²) in [5.41, 5.74) is 0. The maximum absolute atomic E-state index is 11.7. The zero-order valence-corrected chi connectivity index (χ0v) is 10.9. The Bertz CT molecular complexity index is 535. The number of aromatic nitrogens is 2. The number of amides is 1. The zero-order valence-electron chi connectivity index (χ0n) is 10.1. The van der Waals surface area contributed by atoms with Gasteiger partial charge in [0.2, 0.25) is 5.76 Å². The minimum absolute atomic E-state index is 0.146. The van der Waals surface area contributed by atoms with Crippen LogP contribution in [0.3, 0.4) is 0 Å². The Hall–Kier alpha value is -1.89. The second-order valence-corrected chi connectivity index (χ2v) is 4.90. The summed E-state index contributed by atoms with van der Waals surface area (Å²) >= 11 is 1.62. The van der Waals surface area contributed by atoms with E-state index in [2.05, 4.69) is 15.5 Å². The maximum Gasteiger partial charge on any atom is 0.290 e. The molecule has 1 amide bonds. The van der Waals surface area contributed by atoms with E-state index in [1.807, 2.05) is 13.1 Å². The fraction of sp³-hybridized carbons (Fsp3) is 0.364. The number of ether oxygens (including phenoxy) is 1. The summed E-state index contributed by atoms with van der Waals surface area (Å²) < 4.78 is 9.66. The maximum atomic E-state index is 11.7. The first-order valence-electron chi connectivity index (χ1n) is 5.39. The molecule has 0 aliphatic carbocycles. The van der Waals surface area contributed by atoms with Crippen molar-refractivity contribution in [2.45, 2.75) is 13.3 Å². The van der Waals surface area contributed by atoms with Crippen molar-refractivity contribution >= 4 is 17.2 Å². The van der Waals surface area contributed by atoms with Crippen LogP contribution in [0.25, 0.3) is 0 Å². The molecule has 0 aliphatic heterocycles. The normalized spacial score (nSPS) is 10.3. The second kappa shape index (κ2) is 5.63. The number of hydrogen-bond acceptors (Lipinski definition) is 6. The van der Waals surface area contributed by atoms with Crippen molar-refractivity contribution in [3.8, 4) is 5.88 Å². The lowest BCUT2D eigenvalue weighted by atomic mass is 10.3. The van der Waals surface area contributed by atoms with Crippen LogP contribution in [0.1, 0.15) is 20.4 Å². The quantitative estimate of drug-likeness (QED) is 0.886. The van der Waals surface area contributed by atoms with Gasteiger partial charge in [-0.2, -0.15) is 0 Å². The molecule has 0 atom stereocenters. The lowest BCUT2D eigenvalue weighted by Crippen LogP contribution is -2.25. The van der Waals surface area contributed by atoms with Crippen molar-refractivity contribution in [3.05, 3.63) is 27.9 Å². The van der Waals surface area contributed by atoms with E-state index in [1.54, 1.807) is 11.3 Å². The van der Waals surface area contributed by atoms with E-state index in [-0.39, 0.29) is 11.7 Å². The van der Waals surface area contributed by atoms with Gasteiger partial charge >= 0.3 is 0 Å². The monoisotopic (exact) mass is 267 g/mol. The van der Waals surface area contributed by atoms with E-state index in [9.17, 15) is 4.79 Å². The first kappa shape index (κ1) is 12.6. The molecule has 0 fully saturated rings. The molecule has 0 aliphatic rings. The first-order valence-corrected chi connectivity index (χ1v) is 6.21. The second-order valence-electron chi connectivity index (χ2n) is 3.59. The fourth-order valence-corrected chi connectivity index (χ4v) is 2.16. The standard InChI is InChI=1S/C11H13N3O3S/c1-7-13-6-8(18-7)3-4-12-11(15)9-5-10(16-2)14-17-9/h5-6H,3-4H2,1-2H3,(H,12,15). The van der Waals surface area contributed by atoms with Crippen molar-refractivity contribution in [2.24, 2.45) is 0 Å². The number of aryl methyl sites for hydroxylation is 1. The molecule has 2 aromatic rings. The number of carbonyl (C=O) groups is 1. The van der Waals surface area contributed by atoms with Crippen LogP contribution in [0.2, 0.25) is 0 Å². The molecule has 0 spiro atoms. The first-order chi connectivity index (χ1) is 8.69. The third-order valence-electron chi connectivity index (χ3n) is 2.25. The topological polar surface area (TPSA) is 77.2 Å². The van der Waals surface area contributed by atoms with Crippen LogP contribution in [-0.4, -0.2) is 29.7 Å². The molecule has 0 bridgehead atoms. The fourth-order valence-electron chi connectivity index (χ4n) is 1.37. The Labute approximate surface area is 108 Å². The molecule has 0 aromatic carbocycles. The highest BCUT2D eigenvalue weighted by molar-refractivity contribution is 7.11. The van der Waals surface area contributed by atoms with Gasteiger partial charge in [-0.05, 0) is 12.1 Å². The van der Waals surface area contributed by atoms with E-state index < -0.39 is 0 Å². The van der Waals surface area contributed by atoms with Gasteiger partial charge in [-0.25, -0.2) is 4.98 Å². The Morgan fingerprint density at radius 1 is 1.61 bits per heavy atom. The van der Waals surface area contributed by atoms with Gasteiger partial charge in [0.1, 0.15) is 0 Å². The smallest absolute Gasteiger partial charge is 0.290 e. The molecule has 2 heterocycles. The summed E-state index contributed by atoms with van der Waals surface area (Å²) in [5.74, 6) is 0.137. The van der Waals surface area contributed by atoms with Crippen molar-refractivity contribution < 1.29 is 14.1 Å². The number of nitrogens with one attached hydrogen (secondary N) is 1. The molecule has 2 rings (SSSR count). The summed E-state index contributed by atoms with van der Waals surface area (Å²) in [5, 5.41) is 7.33. The number of rotatable bonds is 5. The predicted octanol–water partition coefficient (Wildman–Crippen LogP) is 1.42. The molecule has 18 heavy (non-hydrogen) atoms. The molecule has 2 aromatic heterocycles. The van der Waals surface area contributed by atoms with Crippen molar-refractivity contribution in [2.75, 3.05) is 13.7 Å². The largest absolute Gasteiger partial charge is 0.479 e. The number of carbonyl (C=O) groups excluding carboxylic acids is 1. The van der Waals surface area contributed by atoms with Crippen molar-refractivity contribution in [1.82, 2.24) is 15.5 Å². The Morgan fingerprint density at radius 2 is 2.44 bits per heavy atom. The number of thiazole rings is 1. The molecule has 96 valence electrons. The molecular formula is C11H13N3O3S. The van der Waals surface area contributed by atoms with Gasteiger partial charge in [0.25, 0.3) is 11.8 Å². The molecule has 0 saturated heterocycles. The molecule has 0 saturated carbocycles. The van der Waals surface area contributed by atoms with Crippen LogP contribution < -0.4 is 10.1 Å². The van der Waals surface area contributed by atoms with Gasteiger partial charge in [0.05, 0.1) is 18.2 Å². The average molecular weight is 267 g/mol. The highest BCUT2D eigenvalue weighted by Gasteiger charge is 2.12. The molecule has 0 radical (unpaired) electrons. The van der Waals surface area contributed by atoms with E-state index in [4.69, 9.17) is 9.26 Å². The van der Waals surface area contributed by atoms with Gasteiger partial charge in [0.15, 0.2) is 0 Å². The predicted molar refractivity (Wildman–Crippen MR) is 65.9 cm³/mol. The van der Waals surface area contributed by atoms with Gasteiger partial charge in [-0.3, -0.25) is 4.79 Å². The lowest BCUT2D eigenvalue weighted by Gasteiger charge is -1.99. The number of nitrogens with zero attached hydrogens (tertiary/aromatic N) is 2. The van der Waals surface area contributed by atoms with Crippen LogP contribution in [0.15, 0.2) is 16.8 Å². The van der Waals surface area contributed by atoms with E-state index in [0.29, 0.717) is 12.4 Å². The third kappa shape index (κ3) is 3.07. The zero-order chi connectivity index (χ0) is 13.0. The van der Waals surface area contributed by atoms with Crippen LogP contribution in [-0.2, 0) is 6.42 Å². The van der Waals surface area contributed by atoms with Gasteiger partial charge < -0.3 is 14.6 Å². The Kier molecular flexibility index (Phi) is 3.93. The van der Waals surface area contributed by atoms with E-state index in [1.165, 1.54) is 13.2 Å². The van der Waals surface area contributed by atoms with Crippen LogP contribution >= 0.6 is 11.3 Å². The summed E-state index contributed by atoms with van der Waals surface area (Å²) in [6.45, 7) is 2.48. The Morgan fingerprint density at radius 3 is 3.06 bits per heavy atom. The highest BCUT2D eigenvalue weighted by Crippen LogP contribution is 2.12. The van der Waals surface area contributed by atoms with Crippen LogP contribution in [0, 0.1) is 6.92 Å². The summed E-state index contributed by atoms with van der Waals surface area (Å²) in [6, 6.07) is 1.45. The van der Waals surface area contributed by atoms with Crippen molar-refractivity contribution in [1.29, 1.82) is 0 Å². The molecule has 1 N–H and O–H groups in total. The average Bonchev–Trinajstić information content (AvgIpc) is 2.98. The van der Waals surface area contributed by atoms with Crippen molar-refractivity contribution in [3.63, 3.8) is 0 Å². The van der Waals surface area contributed by atoms with E-state index >= 15 is 0 Å². The summed E-state index contributed by atoms with van der Waals surface area (Å²) in [6.07, 6.45) is 2.58. The molecule has 6 nitrogen and oxygen atoms in total. The molecule has 0 unspecified atom stereocenters. The summed E-state index contributed by atoms with van der Waals surface area (Å²) in [7, 11) is 1.46. The number of hydrogen-bond donors (Lipinski definition) is 1. The molecular weight excluding hydrogens is 254 g/mol. The van der Waals surface area contributed by atoms with E-state index in [0.717, 1.165) is 16.3 Å².